The lowest BCUT2D eigenvalue weighted by Gasteiger charge is -2.18. The predicted octanol–water partition coefficient (Wildman–Crippen LogP) is 2.12. The van der Waals surface area contributed by atoms with Crippen molar-refractivity contribution < 1.29 is 19.2 Å². The topological polar surface area (TPSA) is 95.6 Å². The van der Waals surface area contributed by atoms with Gasteiger partial charge in [0.1, 0.15) is 5.57 Å². The molecule has 27 heavy (non-hydrogen) atoms. The van der Waals surface area contributed by atoms with E-state index in [4.69, 9.17) is 0 Å². The van der Waals surface area contributed by atoms with Gasteiger partial charge in [-0.2, -0.15) is 0 Å². The number of carbonyl (C=O) groups excluding carboxylic acids is 4. The zero-order valence-corrected chi connectivity index (χ0v) is 15.4. The quantitative estimate of drug-likeness (QED) is 0.568. The highest BCUT2D eigenvalue weighted by atomic mass is 79.9. The fraction of sp³-hybridized carbons (Fsp3) is 0.0526. The molecule has 0 unspecified atom stereocenters. The van der Waals surface area contributed by atoms with E-state index in [1.54, 1.807) is 18.2 Å². The molecule has 1 saturated heterocycles. The molecule has 0 spiro atoms. The van der Waals surface area contributed by atoms with Gasteiger partial charge >= 0.3 is 6.03 Å². The number of rotatable bonds is 2. The van der Waals surface area contributed by atoms with Crippen LogP contribution in [0.3, 0.4) is 0 Å². The summed E-state index contributed by atoms with van der Waals surface area (Å²) in [5, 5.41) is 4.03. The van der Waals surface area contributed by atoms with Crippen molar-refractivity contribution in [2.45, 2.75) is 6.54 Å². The normalized spacial score (nSPS) is 16.4. The Morgan fingerprint density at radius 1 is 0.852 bits per heavy atom. The number of benzene rings is 2. The third-order valence-electron chi connectivity index (χ3n) is 4.32. The van der Waals surface area contributed by atoms with Gasteiger partial charge in [-0.15, -0.1) is 0 Å². The highest BCUT2D eigenvalue weighted by Gasteiger charge is 2.41. The summed E-state index contributed by atoms with van der Waals surface area (Å²) in [6.45, 7) is 0.285. The number of barbiturate groups is 1. The van der Waals surface area contributed by atoms with Crippen LogP contribution >= 0.6 is 15.9 Å². The monoisotopic (exact) mass is 425 g/mol. The fourth-order valence-electron chi connectivity index (χ4n) is 3.16. The Bertz CT molecular complexity index is 1020. The molecule has 2 aromatic rings. The summed E-state index contributed by atoms with van der Waals surface area (Å²) in [6.07, 6.45) is 0. The smallest absolute Gasteiger partial charge is 0.303 e. The molecule has 5 amide bonds. The predicted molar refractivity (Wildman–Crippen MR) is 100 cm³/mol. The second-order valence-corrected chi connectivity index (χ2v) is 6.94. The zero-order valence-electron chi connectivity index (χ0n) is 13.8. The molecule has 2 N–H and O–H groups in total. The Labute approximate surface area is 162 Å². The summed E-state index contributed by atoms with van der Waals surface area (Å²) >= 11 is 3.36. The van der Waals surface area contributed by atoms with Crippen LogP contribution < -0.4 is 15.5 Å². The van der Waals surface area contributed by atoms with Crippen LogP contribution in [0.5, 0.6) is 0 Å². The van der Waals surface area contributed by atoms with Crippen LogP contribution in [-0.2, 0) is 20.9 Å². The SMILES string of the molecule is O=C1NC(=O)C(=C2C(=O)N(Cc3ccccc3)c3ccc(Br)cc32)C(=O)N1. The number of fused-ring (bicyclic) bond motifs is 1. The molecule has 0 atom stereocenters. The van der Waals surface area contributed by atoms with E-state index in [0.717, 1.165) is 5.56 Å². The van der Waals surface area contributed by atoms with E-state index in [9.17, 15) is 19.2 Å². The second kappa shape index (κ2) is 6.48. The number of halogens is 1. The van der Waals surface area contributed by atoms with Gasteiger partial charge in [-0.3, -0.25) is 25.0 Å². The van der Waals surface area contributed by atoms with Crippen LogP contribution in [0, 0.1) is 0 Å². The Kier molecular flexibility index (Phi) is 4.12. The molecule has 2 aliphatic rings. The van der Waals surface area contributed by atoms with Crippen molar-refractivity contribution >= 4 is 50.9 Å². The van der Waals surface area contributed by atoms with Gasteiger partial charge in [0, 0.05) is 10.0 Å². The molecule has 1 fully saturated rings. The van der Waals surface area contributed by atoms with Gasteiger partial charge in [0.25, 0.3) is 17.7 Å². The van der Waals surface area contributed by atoms with E-state index >= 15 is 0 Å². The number of imide groups is 2. The third kappa shape index (κ3) is 2.93. The standard InChI is InChI=1S/C19H12BrN3O4/c20-11-6-7-13-12(8-11)14(15-16(24)21-19(27)22-17(15)25)18(26)23(13)9-10-4-2-1-3-5-10/h1-8H,9H2,(H2,21,22,24,25,27). The minimum Gasteiger partial charge on any atom is -0.303 e. The van der Waals surface area contributed by atoms with Crippen molar-refractivity contribution in [3.05, 3.63) is 69.7 Å². The molecule has 4 rings (SSSR count). The van der Waals surface area contributed by atoms with Crippen LogP contribution in [0.1, 0.15) is 11.1 Å². The van der Waals surface area contributed by atoms with Crippen molar-refractivity contribution in [3.8, 4) is 0 Å². The largest absolute Gasteiger partial charge is 0.328 e. The molecule has 2 heterocycles. The molecule has 2 aliphatic heterocycles. The average molecular weight is 426 g/mol. The molecule has 0 bridgehead atoms. The minimum atomic E-state index is -0.907. The summed E-state index contributed by atoms with van der Waals surface area (Å²) in [7, 11) is 0. The summed E-state index contributed by atoms with van der Waals surface area (Å²) in [5.41, 5.74) is 1.56. The summed E-state index contributed by atoms with van der Waals surface area (Å²) in [4.78, 5) is 50.6. The second-order valence-electron chi connectivity index (χ2n) is 6.03. The first kappa shape index (κ1) is 17.2. The Hall–Kier alpha value is -3.26. The van der Waals surface area contributed by atoms with Gasteiger partial charge in [0.05, 0.1) is 17.8 Å². The number of amides is 5. The van der Waals surface area contributed by atoms with Gasteiger partial charge in [0.15, 0.2) is 0 Å². The number of urea groups is 1. The van der Waals surface area contributed by atoms with Crippen molar-refractivity contribution in [2.75, 3.05) is 4.90 Å². The van der Waals surface area contributed by atoms with Gasteiger partial charge in [0.2, 0.25) is 0 Å². The van der Waals surface area contributed by atoms with Crippen molar-refractivity contribution in [2.24, 2.45) is 0 Å². The van der Waals surface area contributed by atoms with Crippen molar-refractivity contribution in [3.63, 3.8) is 0 Å². The first-order valence-corrected chi connectivity index (χ1v) is 8.81. The van der Waals surface area contributed by atoms with Crippen molar-refractivity contribution in [1.29, 1.82) is 0 Å². The molecule has 8 heteroatoms. The molecule has 0 aliphatic carbocycles. The van der Waals surface area contributed by atoms with E-state index in [2.05, 4.69) is 15.9 Å². The molecule has 0 saturated carbocycles. The third-order valence-corrected chi connectivity index (χ3v) is 4.81. The van der Waals surface area contributed by atoms with E-state index in [1.807, 2.05) is 41.0 Å². The van der Waals surface area contributed by atoms with Gasteiger partial charge in [-0.25, -0.2) is 4.79 Å². The van der Waals surface area contributed by atoms with Gasteiger partial charge < -0.3 is 4.90 Å². The van der Waals surface area contributed by atoms with Crippen LogP contribution in [0.2, 0.25) is 0 Å². The van der Waals surface area contributed by atoms with Crippen LogP contribution in [0.4, 0.5) is 10.5 Å². The summed E-state index contributed by atoms with van der Waals surface area (Å²) < 4.78 is 0.696. The zero-order chi connectivity index (χ0) is 19.1. The highest BCUT2D eigenvalue weighted by Crippen LogP contribution is 2.41. The lowest BCUT2D eigenvalue weighted by Crippen LogP contribution is -2.52. The number of nitrogens with one attached hydrogen (secondary N) is 2. The van der Waals surface area contributed by atoms with Crippen LogP contribution in [0.15, 0.2) is 58.6 Å². The number of anilines is 1. The summed E-state index contributed by atoms with van der Waals surface area (Å²) in [6, 6.07) is 13.7. The lowest BCUT2D eigenvalue weighted by atomic mass is 9.99. The maximum Gasteiger partial charge on any atom is 0.328 e. The maximum atomic E-state index is 13.2. The van der Waals surface area contributed by atoms with Crippen LogP contribution in [0.25, 0.3) is 5.57 Å². The van der Waals surface area contributed by atoms with Crippen LogP contribution in [-0.4, -0.2) is 23.8 Å². The number of hydrogen-bond donors (Lipinski definition) is 2. The molecular weight excluding hydrogens is 414 g/mol. The molecule has 0 radical (unpaired) electrons. The lowest BCUT2D eigenvalue weighted by molar-refractivity contribution is -0.124. The molecule has 134 valence electrons. The minimum absolute atomic E-state index is 0.0234. The Morgan fingerprint density at radius 3 is 2.19 bits per heavy atom. The summed E-state index contributed by atoms with van der Waals surface area (Å²) in [5.74, 6) is -2.25. The van der Waals surface area contributed by atoms with E-state index in [1.165, 1.54) is 4.90 Å². The van der Waals surface area contributed by atoms with E-state index < -0.39 is 23.8 Å². The maximum absolute atomic E-state index is 13.2. The average Bonchev–Trinajstić information content (AvgIpc) is 2.87. The van der Waals surface area contributed by atoms with Crippen molar-refractivity contribution in [1.82, 2.24) is 10.6 Å². The van der Waals surface area contributed by atoms with Gasteiger partial charge in [-0.05, 0) is 23.8 Å². The Morgan fingerprint density at radius 2 is 1.52 bits per heavy atom. The van der Waals surface area contributed by atoms with Gasteiger partial charge in [-0.1, -0.05) is 46.3 Å². The number of nitrogens with zero attached hydrogens (tertiary/aromatic N) is 1. The highest BCUT2D eigenvalue weighted by molar-refractivity contribution is 9.10. The first-order chi connectivity index (χ1) is 13.0. The van der Waals surface area contributed by atoms with E-state index in [-0.39, 0.29) is 17.7 Å². The van der Waals surface area contributed by atoms with E-state index in [0.29, 0.717) is 15.7 Å². The number of carbonyl (C=O) groups is 4. The molecular formula is C19H12BrN3O4. The molecule has 0 aromatic heterocycles. The first-order valence-electron chi connectivity index (χ1n) is 8.02. The Balaban J connectivity index is 1.87. The molecule has 7 nitrogen and oxygen atoms in total. The number of hydrogen-bond acceptors (Lipinski definition) is 4. The fourth-order valence-corrected chi connectivity index (χ4v) is 3.52. The molecule has 2 aromatic carbocycles.